The van der Waals surface area contributed by atoms with Gasteiger partial charge in [-0.1, -0.05) is 30.2 Å². The third-order valence-electron chi connectivity index (χ3n) is 4.53. The van der Waals surface area contributed by atoms with E-state index in [0.29, 0.717) is 27.9 Å². The Balaban J connectivity index is 1.74. The summed E-state index contributed by atoms with van der Waals surface area (Å²) in [5.41, 5.74) is 1.57. The quantitative estimate of drug-likeness (QED) is 0.796. The zero-order valence-corrected chi connectivity index (χ0v) is 16.8. The number of halogens is 1. The number of aryl methyl sites for hydroxylation is 1. The summed E-state index contributed by atoms with van der Waals surface area (Å²) in [4.78, 5) is 12.5. The molecule has 1 aromatic heterocycles. The Hall–Kier alpha value is -1.41. The highest BCUT2D eigenvalue weighted by Gasteiger charge is 2.35. The standard InChI is InChI=1S/C18H21ClN2O3S2/c1-13-7-8-14(19)11-16(13)20-17(22)12-15-5-2-3-9-21(15)26(23,24)18-6-4-10-25-18/h4,6-8,10-11,15H,2-3,5,9,12H2,1H3,(H,20,22)/t15-/m0/s1. The molecular weight excluding hydrogens is 392 g/mol. The van der Waals surface area contributed by atoms with Crippen LogP contribution in [0.1, 0.15) is 31.2 Å². The third kappa shape index (κ3) is 4.28. The second-order valence-electron chi connectivity index (χ2n) is 6.41. The Bertz CT molecular complexity index is 882. The van der Waals surface area contributed by atoms with Gasteiger partial charge in [-0.25, -0.2) is 8.42 Å². The van der Waals surface area contributed by atoms with E-state index in [0.717, 1.165) is 18.4 Å². The number of nitrogens with one attached hydrogen (secondary N) is 1. The lowest BCUT2D eigenvalue weighted by Gasteiger charge is -2.34. The number of hydrogen-bond donors (Lipinski definition) is 1. The van der Waals surface area contributed by atoms with Crippen LogP contribution in [0.3, 0.4) is 0 Å². The van der Waals surface area contributed by atoms with Crippen molar-refractivity contribution in [3.63, 3.8) is 0 Å². The predicted octanol–water partition coefficient (Wildman–Crippen LogP) is 4.28. The van der Waals surface area contributed by atoms with Gasteiger partial charge in [-0.3, -0.25) is 4.79 Å². The van der Waals surface area contributed by atoms with Gasteiger partial charge >= 0.3 is 0 Å². The summed E-state index contributed by atoms with van der Waals surface area (Å²) in [5, 5.41) is 5.16. The lowest BCUT2D eigenvalue weighted by atomic mass is 10.0. The zero-order valence-electron chi connectivity index (χ0n) is 14.4. The summed E-state index contributed by atoms with van der Waals surface area (Å²) < 4.78 is 27.6. The number of rotatable bonds is 5. The topological polar surface area (TPSA) is 66.5 Å². The predicted molar refractivity (Wildman–Crippen MR) is 105 cm³/mol. The molecule has 0 radical (unpaired) electrons. The zero-order chi connectivity index (χ0) is 18.7. The molecule has 0 bridgehead atoms. The second-order valence-corrected chi connectivity index (χ2v) is 9.91. The van der Waals surface area contributed by atoms with E-state index in [-0.39, 0.29) is 18.4 Å². The Morgan fingerprint density at radius 3 is 2.88 bits per heavy atom. The Morgan fingerprint density at radius 1 is 1.35 bits per heavy atom. The first kappa shape index (κ1) is 19.4. The Labute approximate surface area is 163 Å². The van der Waals surface area contributed by atoms with E-state index in [2.05, 4.69) is 5.32 Å². The molecule has 26 heavy (non-hydrogen) atoms. The van der Waals surface area contributed by atoms with Crippen molar-refractivity contribution in [2.75, 3.05) is 11.9 Å². The fourth-order valence-corrected chi connectivity index (χ4v) is 6.15. The van der Waals surface area contributed by atoms with Crippen LogP contribution in [0.4, 0.5) is 5.69 Å². The minimum atomic E-state index is -3.55. The van der Waals surface area contributed by atoms with Gasteiger partial charge in [-0.2, -0.15) is 4.31 Å². The van der Waals surface area contributed by atoms with E-state index >= 15 is 0 Å². The summed E-state index contributed by atoms with van der Waals surface area (Å²) in [5.74, 6) is -0.200. The monoisotopic (exact) mass is 412 g/mol. The molecule has 8 heteroatoms. The molecule has 3 rings (SSSR count). The maximum atomic E-state index is 12.9. The summed E-state index contributed by atoms with van der Waals surface area (Å²) in [6.07, 6.45) is 2.56. The average Bonchev–Trinajstić information content (AvgIpc) is 3.14. The van der Waals surface area contributed by atoms with E-state index in [1.54, 1.807) is 29.6 Å². The molecule has 1 amide bonds. The molecule has 1 atom stereocenters. The lowest BCUT2D eigenvalue weighted by molar-refractivity contribution is -0.117. The van der Waals surface area contributed by atoms with E-state index < -0.39 is 10.0 Å². The summed E-state index contributed by atoms with van der Waals surface area (Å²) >= 11 is 7.20. The van der Waals surface area contributed by atoms with Crippen LogP contribution in [0.5, 0.6) is 0 Å². The van der Waals surface area contributed by atoms with Crippen LogP contribution in [0, 0.1) is 6.92 Å². The van der Waals surface area contributed by atoms with Crippen LogP contribution in [0.2, 0.25) is 5.02 Å². The minimum absolute atomic E-state index is 0.135. The van der Waals surface area contributed by atoms with E-state index in [4.69, 9.17) is 11.6 Å². The number of sulfonamides is 1. The third-order valence-corrected chi connectivity index (χ3v) is 8.09. The number of carbonyl (C=O) groups is 1. The van der Waals surface area contributed by atoms with Crippen molar-refractivity contribution in [2.45, 2.75) is 42.9 Å². The molecule has 140 valence electrons. The van der Waals surface area contributed by atoms with Gasteiger partial charge in [0.05, 0.1) is 0 Å². The van der Waals surface area contributed by atoms with Crippen LogP contribution in [0.25, 0.3) is 0 Å². The maximum Gasteiger partial charge on any atom is 0.252 e. The molecular formula is C18H21ClN2O3S2. The highest BCUT2D eigenvalue weighted by atomic mass is 35.5. The Kier molecular flexibility index (Phi) is 6.02. The van der Waals surface area contributed by atoms with Crippen molar-refractivity contribution in [3.05, 3.63) is 46.3 Å². The number of piperidine rings is 1. The lowest BCUT2D eigenvalue weighted by Crippen LogP contribution is -2.45. The van der Waals surface area contributed by atoms with Gasteiger partial charge in [-0.05, 0) is 48.9 Å². The highest BCUT2D eigenvalue weighted by molar-refractivity contribution is 7.91. The minimum Gasteiger partial charge on any atom is -0.326 e. The van der Waals surface area contributed by atoms with Crippen molar-refractivity contribution >= 4 is 44.6 Å². The number of nitrogens with zero attached hydrogens (tertiary/aromatic N) is 1. The van der Waals surface area contributed by atoms with Gasteiger partial charge in [0.25, 0.3) is 10.0 Å². The number of benzene rings is 1. The molecule has 5 nitrogen and oxygen atoms in total. The summed E-state index contributed by atoms with van der Waals surface area (Å²) in [6.45, 7) is 2.34. The van der Waals surface area contributed by atoms with Crippen LogP contribution in [-0.2, 0) is 14.8 Å². The van der Waals surface area contributed by atoms with Gasteiger partial charge < -0.3 is 5.32 Å². The van der Waals surface area contributed by atoms with Crippen LogP contribution in [-0.4, -0.2) is 31.2 Å². The molecule has 2 heterocycles. The van der Waals surface area contributed by atoms with E-state index in [1.807, 2.05) is 13.0 Å². The van der Waals surface area contributed by atoms with E-state index in [9.17, 15) is 13.2 Å². The van der Waals surface area contributed by atoms with E-state index in [1.165, 1.54) is 15.6 Å². The SMILES string of the molecule is Cc1ccc(Cl)cc1NC(=O)C[C@@H]1CCCCN1S(=O)(=O)c1cccs1. The van der Waals surface area contributed by atoms with Gasteiger partial charge in [0.1, 0.15) is 4.21 Å². The normalized spacial score (nSPS) is 18.6. The van der Waals surface area contributed by atoms with Gasteiger partial charge in [0.15, 0.2) is 0 Å². The molecule has 1 aliphatic heterocycles. The molecule has 1 aliphatic rings. The van der Waals surface area contributed by atoms with Crippen molar-refractivity contribution in [1.82, 2.24) is 4.31 Å². The number of hydrogen-bond acceptors (Lipinski definition) is 4. The van der Waals surface area contributed by atoms with Crippen LogP contribution in [0.15, 0.2) is 39.9 Å². The van der Waals surface area contributed by atoms with Crippen LogP contribution >= 0.6 is 22.9 Å². The first-order valence-corrected chi connectivity index (χ1v) is 11.2. The first-order valence-electron chi connectivity index (χ1n) is 8.49. The molecule has 0 aliphatic carbocycles. The highest BCUT2D eigenvalue weighted by Crippen LogP contribution is 2.29. The molecule has 1 saturated heterocycles. The molecule has 1 aromatic carbocycles. The van der Waals surface area contributed by atoms with Crippen molar-refractivity contribution < 1.29 is 13.2 Å². The smallest absolute Gasteiger partial charge is 0.252 e. The number of amides is 1. The molecule has 2 aromatic rings. The molecule has 0 spiro atoms. The number of carbonyl (C=O) groups excluding carboxylic acids is 1. The number of anilines is 1. The fourth-order valence-electron chi connectivity index (χ4n) is 3.16. The first-order chi connectivity index (χ1) is 12.4. The summed E-state index contributed by atoms with van der Waals surface area (Å²) in [7, 11) is -3.55. The van der Waals surface area contributed by atoms with Gasteiger partial charge in [0.2, 0.25) is 5.91 Å². The van der Waals surface area contributed by atoms with Gasteiger partial charge in [0, 0.05) is 29.7 Å². The molecule has 0 unspecified atom stereocenters. The second kappa shape index (κ2) is 8.08. The van der Waals surface area contributed by atoms with Crippen molar-refractivity contribution in [3.8, 4) is 0 Å². The van der Waals surface area contributed by atoms with Crippen molar-refractivity contribution in [2.24, 2.45) is 0 Å². The fraction of sp³-hybridized carbons (Fsp3) is 0.389. The molecule has 0 saturated carbocycles. The molecule has 1 N–H and O–H groups in total. The Morgan fingerprint density at radius 2 is 2.15 bits per heavy atom. The van der Waals surface area contributed by atoms with Crippen molar-refractivity contribution in [1.29, 1.82) is 0 Å². The number of thiophene rings is 1. The van der Waals surface area contributed by atoms with Crippen LogP contribution < -0.4 is 5.32 Å². The average molecular weight is 413 g/mol. The maximum absolute atomic E-state index is 12.9. The molecule has 1 fully saturated rings. The van der Waals surface area contributed by atoms with Gasteiger partial charge in [-0.15, -0.1) is 11.3 Å². The summed E-state index contributed by atoms with van der Waals surface area (Å²) in [6, 6.07) is 8.33. The largest absolute Gasteiger partial charge is 0.326 e.